The van der Waals surface area contributed by atoms with Crippen molar-refractivity contribution >= 4 is 17.5 Å². The van der Waals surface area contributed by atoms with Gasteiger partial charge in [0.1, 0.15) is 0 Å². The van der Waals surface area contributed by atoms with E-state index in [1.54, 1.807) is 12.1 Å². The van der Waals surface area contributed by atoms with Crippen molar-refractivity contribution in [2.45, 2.75) is 25.4 Å². The lowest BCUT2D eigenvalue weighted by atomic mass is 9.62. The number of hydrogen-bond donors (Lipinski definition) is 2. The Morgan fingerprint density at radius 3 is 2.50 bits per heavy atom. The normalized spacial score (nSPS) is 19.2. The Balaban J connectivity index is 1.50. The molecule has 0 bridgehead atoms. The topological polar surface area (TPSA) is 69.6 Å². The quantitative estimate of drug-likeness (QED) is 0.824. The van der Waals surface area contributed by atoms with Gasteiger partial charge in [0, 0.05) is 24.2 Å². The Kier molecular flexibility index (Phi) is 3.74. The van der Waals surface area contributed by atoms with Crippen LogP contribution in [0.3, 0.4) is 0 Å². The molecule has 0 atom stereocenters. The summed E-state index contributed by atoms with van der Waals surface area (Å²) in [7, 11) is 0. The number of nitrogens with zero attached hydrogens (tertiary/aromatic N) is 1. The third-order valence-electron chi connectivity index (χ3n) is 4.50. The van der Waals surface area contributed by atoms with E-state index in [9.17, 15) is 14.7 Å². The highest BCUT2D eigenvalue weighted by molar-refractivity contribution is 5.98. The Hall–Kier alpha value is -2.14. The van der Waals surface area contributed by atoms with E-state index >= 15 is 0 Å². The van der Waals surface area contributed by atoms with Gasteiger partial charge in [0.25, 0.3) is 0 Å². The fraction of sp³-hybridized carbons (Fsp3) is 0.412. The molecule has 1 aromatic rings. The van der Waals surface area contributed by atoms with E-state index < -0.39 is 0 Å². The van der Waals surface area contributed by atoms with E-state index in [2.05, 4.69) is 11.9 Å². The number of likely N-dealkylation sites (tertiary alicyclic amines) is 1. The van der Waals surface area contributed by atoms with Gasteiger partial charge in [-0.2, -0.15) is 0 Å². The van der Waals surface area contributed by atoms with Gasteiger partial charge in [-0.3, -0.25) is 9.59 Å². The van der Waals surface area contributed by atoms with Gasteiger partial charge < -0.3 is 15.3 Å². The number of carbonyl (C=O) groups excluding carboxylic acids is 2. The number of aliphatic hydroxyl groups excluding tert-OH is 1. The molecule has 2 amide bonds. The summed E-state index contributed by atoms with van der Waals surface area (Å²) in [6.45, 7) is 4.95. The highest BCUT2D eigenvalue weighted by atomic mass is 16.3. The second kappa shape index (κ2) is 5.57. The van der Waals surface area contributed by atoms with Gasteiger partial charge in [-0.05, 0) is 36.6 Å². The molecule has 0 unspecified atom stereocenters. The molecule has 3 rings (SSSR count). The molecule has 1 spiro atoms. The van der Waals surface area contributed by atoms with Gasteiger partial charge in [0.2, 0.25) is 11.8 Å². The van der Waals surface area contributed by atoms with Crippen LogP contribution in [0.2, 0.25) is 0 Å². The maximum atomic E-state index is 12.2. The summed E-state index contributed by atoms with van der Waals surface area (Å²) in [6, 6.07) is 7.26. The van der Waals surface area contributed by atoms with Crippen molar-refractivity contribution < 1.29 is 14.7 Å². The van der Waals surface area contributed by atoms with Crippen LogP contribution in [-0.4, -0.2) is 41.0 Å². The van der Waals surface area contributed by atoms with Gasteiger partial charge >= 0.3 is 0 Å². The second-order valence-electron chi connectivity index (χ2n) is 6.38. The third-order valence-corrected chi connectivity index (χ3v) is 4.50. The summed E-state index contributed by atoms with van der Waals surface area (Å²) in [4.78, 5) is 25.2. The first-order chi connectivity index (χ1) is 10.5. The average Bonchev–Trinajstić information content (AvgIpc) is 2.43. The molecule has 1 aliphatic carbocycles. The highest BCUT2D eigenvalue weighted by Gasteiger charge is 2.52. The Morgan fingerprint density at radius 2 is 1.95 bits per heavy atom. The molecule has 2 aliphatic rings. The molecule has 1 aliphatic heterocycles. The number of carbonyl (C=O) groups is 2. The zero-order valence-electron chi connectivity index (χ0n) is 12.4. The van der Waals surface area contributed by atoms with E-state index in [-0.39, 0.29) is 23.3 Å². The summed E-state index contributed by atoms with van der Waals surface area (Å²) < 4.78 is 0. The van der Waals surface area contributed by atoms with E-state index in [0.29, 0.717) is 12.1 Å². The lowest BCUT2D eigenvalue weighted by molar-refractivity contribution is -0.162. The van der Waals surface area contributed by atoms with Crippen molar-refractivity contribution in [2.24, 2.45) is 5.41 Å². The minimum atomic E-state index is -0.252. The Labute approximate surface area is 129 Å². The van der Waals surface area contributed by atoms with Crippen LogP contribution in [0.1, 0.15) is 18.4 Å². The average molecular weight is 300 g/mol. The number of nitrogens with one attached hydrogen (secondary N) is 1. The molecule has 5 nitrogen and oxygen atoms in total. The van der Waals surface area contributed by atoms with Gasteiger partial charge in [-0.25, -0.2) is 0 Å². The van der Waals surface area contributed by atoms with E-state index in [4.69, 9.17) is 0 Å². The van der Waals surface area contributed by atoms with Crippen LogP contribution in [-0.2, 0) is 16.0 Å². The van der Waals surface area contributed by atoms with Crippen LogP contribution in [0.25, 0.3) is 0 Å². The number of hydrogen-bond acceptors (Lipinski definition) is 3. The molecule has 1 heterocycles. The van der Waals surface area contributed by atoms with Crippen molar-refractivity contribution in [2.75, 3.05) is 18.4 Å². The molecule has 0 aromatic heterocycles. The standard InChI is InChI=1S/C17H20N2O3/c1-2-15(21)18-13-5-3-12(4-6-13)7-16(22)19-10-17(11-19)8-14(20)9-17/h2-6,14,20H,1,7-11H2,(H,18,21). The lowest BCUT2D eigenvalue weighted by Gasteiger charge is -2.57. The molecule has 1 aromatic carbocycles. The van der Waals surface area contributed by atoms with Crippen LogP contribution in [0.4, 0.5) is 5.69 Å². The summed E-state index contributed by atoms with van der Waals surface area (Å²) in [6.07, 6.45) is 3.07. The Morgan fingerprint density at radius 1 is 1.32 bits per heavy atom. The summed E-state index contributed by atoms with van der Waals surface area (Å²) in [5.74, 6) is -0.132. The van der Waals surface area contributed by atoms with Crippen molar-refractivity contribution in [3.8, 4) is 0 Å². The maximum Gasteiger partial charge on any atom is 0.247 e. The fourth-order valence-electron chi connectivity index (χ4n) is 3.32. The van der Waals surface area contributed by atoms with Gasteiger partial charge in [0.15, 0.2) is 0 Å². The summed E-state index contributed by atoms with van der Waals surface area (Å²) in [5.41, 5.74) is 1.82. The number of anilines is 1. The molecule has 2 fully saturated rings. The van der Waals surface area contributed by atoms with E-state index in [1.165, 1.54) is 6.08 Å². The van der Waals surface area contributed by atoms with Crippen molar-refractivity contribution in [3.63, 3.8) is 0 Å². The number of benzene rings is 1. The van der Waals surface area contributed by atoms with Gasteiger partial charge in [0.05, 0.1) is 12.5 Å². The van der Waals surface area contributed by atoms with Crippen LogP contribution >= 0.6 is 0 Å². The van der Waals surface area contributed by atoms with Crippen LogP contribution in [0, 0.1) is 5.41 Å². The first-order valence-corrected chi connectivity index (χ1v) is 7.48. The predicted octanol–water partition coefficient (Wildman–Crippen LogP) is 1.34. The number of amides is 2. The zero-order chi connectivity index (χ0) is 15.7. The molecular weight excluding hydrogens is 280 g/mol. The number of rotatable bonds is 4. The Bertz CT molecular complexity index is 595. The van der Waals surface area contributed by atoms with Crippen molar-refractivity contribution in [1.29, 1.82) is 0 Å². The first-order valence-electron chi connectivity index (χ1n) is 7.48. The SMILES string of the molecule is C=CC(=O)Nc1ccc(CC(=O)N2CC3(CC(O)C3)C2)cc1. The molecule has 5 heteroatoms. The first kappa shape index (κ1) is 14.8. The van der Waals surface area contributed by atoms with E-state index in [1.807, 2.05) is 17.0 Å². The van der Waals surface area contributed by atoms with Gasteiger partial charge in [-0.15, -0.1) is 0 Å². The van der Waals surface area contributed by atoms with Gasteiger partial charge in [-0.1, -0.05) is 18.7 Å². The summed E-state index contributed by atoms with van der Waals surface area (Å²) in [5, 5.41) is 12.0. The third kappa shape index (κ3) is 2.90. The molecule has 0 radical (unpaired) electrons. The molecule has 1 saturated heterocycles. The summed E-state index contributed by atoms with van der Waals surface area (Å²) >= 11 is 0. The second-order valence-corrected chi connectivity index (χ2v) is 6.38. The van der Waals surface area contributed by atoms with Crippen LogP contribution < -0.4 is 5.32 Å². The number of aliphatic hydroxyl groups is 1. The minimum Gasteiger partial charge on any atom is -0.393 e. The zero-order valence-corrected chi connectivity index (χ0v) is 12.4. The molecular formula is C17H20N2O3. The van der Waals surface area contributed by atoms with Crippen molar-refractivity contribution in [1.82, 2.24) is 4.90 Å². The van der Waals surface area contributed by atoms with Crippen molar-refractivity contribution in [3.05, 3.63) is 42.5 Å². The lowest BCUT2D eigenvalue weighted by Crippen LogP contribution is -2.65. The molecule has 2 N–H and O–H groups in total. The monoisotopic (exact) mass is 300 g/mol. The fourth-order valence-corrected chi connectivity index (χ4v) is 3.32. The maximum absolute atomic E-state index is 12.2. The molecule has 116 valence electrons. The van der Waals surface area contributed by atoms with Crippen LogP contribution in [0.15, 0.2) is 36.9 Å². The molecule has 22 heavy (non-hydrogen) atoms. The minimum absolute atomic E-state index is 0.120. The smallest absolute Gasteiger partial charge is 0.247 e. The van der Waals surface area contributed by atoms with E-state index in [0.717, 1.165) is 31.5 Å². The largest absolute Gasteiger partial charge is 0.393 e. The van der Waals surface area contributed by atoms with Crippen LogP contribution in [0.5, 0.6) is 0 Å². The molecule has 1 saturated carbocycles. The highest BCUT2D eigenvalue weighted by Crippen LogP contribution is 2.48. The predicted molar refractivity (Wildman–Crippen MR) is 83.2 cm³/mol.